The van der Waals surface area contributed by atoms with E-state index in [4.69, 9.17) is 9.84 Å². The highest BCUT2D eigenvalue weighted by Gasteiger charge is 2.37. The zero-order valence-electron chi connectivity index (χ0n) is 14.8. The molecule has 1 atom stereocenters. The number of fused-ring (bicyclic) bond motifs is 1. The first-order chi connectivity index (χ1) is 11.8. The Morgan fingerprint density at radius 3 is 2.79 bits per heavy atom. The number of rotatable bonds is 3. The summed E-state index contributed by atoms with van der Waals surface area (Å²) >= 11 is 0. The van der Waals surface area contributed by atoms with Crippen LogP contribution in [-0.4, -0.2) is 33.7 Å². The number of carbonyl (C=O) groups excluding carboxylic acids is 1. The average Bonchev–Trinajstić information content (AvgIpc) is 3.29. The molecule has 1 aromatic heterocycles. The van der Waals surface area contributed by atoms with E-state index < -0.39 is 0 Å². The maximum Gasteiger partial charge on any atom is 0.226 e. The Labute approximate surface area is 144 Å². The van der Waals surface area contributed by atoms with Crippen LogP contribution in [0.1, 0.15) is 74.9 Å². The fourth-order valence-corrected chi connectivity index (χ4v) is 4.75. The zero-order chi connectivity index (χ0) is 16.5. The number of hydrogen-bond acceptors (Lipinski definition) is 3. The average molecular weight is 331 g/mol. The molecule has 0 aromatic carbocycles. The van der Waals surface area contributed by atoms with Gasteiger partial charge >= 0.3 is 0 Å². The molecule has 1 saturated carbocycles. The van der Waals surface area contributed by atoms with Gasteiger partial charge in [0.15, 0.2) is 0 Å². The van der Waals surface area contributed by atoms with E-state index in [0.29, 0.717) is 12.5 Å². The number of carbonyl (C=O) groups is 1. The van der Waals surface area contributed by atoms with Crippen molar-refractivity contribution in [3.05, 3.63) is 17.0 Å². The fraction of sp³-hybridized carbons (Fsp3) is 0.789. The third-order valence-electron chi connectivity index (χ3n) is 6.03. The van der Waals surface area contributed by atoms with Crippen molar-refractivity contribution in [3.63, 3.8) is 0 Å². The van der Waals surface area contributed by atoms with Crippen LogP contribution in [0.4, 0.5) is 0 Å². The molecule has 1 aromatic rings. The predicted molar refractivity (Wildman–Crippen MR) is 91.5 cm³/mol. The van der Waals surface area contributed by atoms with E-state index in [0.717, 1.165) is 57.5 Å². The lowest BCUT2D eigenvalue weighted by Crippen LogP contribution is -2.42. The van der Waals surface area contributed by atoms with Crippen LogP contribution in [0.5, 0.6) is 0 Å². The van der Waals surface area contributed by atoms with Crippen LogP contribution in [0.3, 0.4) is 0 Å². The van der Waals surface area contributed by atoms with Crippen molar-refractivity contribution >= 4 is 5.91 Å². The largest absolute Gasteiger partial charge is 0.376 e. The first-order valence-corrected chi connectivity index (χ1v) is 9.76. The first kappa shape index (κ1) is 16.1. The number of likely N-dealkylation sites (tertiary alicyclic amines) is 1. The van der Waals surface area contributed by atoms with Gasteiger partial charge < -0.3 is 9.64 Å². The second kappa shape index (κ2) is 6.87. The molecule has 132 valence electrons. The van der Waals surface area contributed by atoms with Gasteiger partial charge in [-0.3, -0.25) is 9.48 Å². The number of ether oxygens (including phenoxy) is 1. The molecule has 1 amide bonds. The molecule has 5 nitrogen and oxygen atoms in total. The normalized spacial score (nSPS) is 25.0. The third kappa shape index (κ3) is 2.77. The van der Waals surface area contributed by atoms with Gasteiger partial charge in [-0.05, 0) is 39.0 Å². The molecule has 1 aliphatic carbocycles. The number of piperidine rings is 1. The highest BCUT2D eigenvalue weighted by molar-refractivity contribution is 5.79. The lowest BCUT2D eigenvalue weighted by atomic mass is 9.93. The Hall–Kier alpha value is -1.36. The smallest absolute Gasteiger partial charge is 0.226 e. The van der Waals surface area contributed by atoms with E-state index in [1.807, 2.05) is 0 Å². The monoisotopic (exact) mass is 331 g/mol. The van der Waals surface area contributed by atoms with Crippen molar-refractivity contribution < 1.29 is 9.53 Å². The number of aryl methyl sites for hydroxylation is 1. The molecule has 3 heterocycles. The van der Waals surface area contributed by atoms with Gasteiger partial charge in [-0.15, -0.1) is 0 Å². The number of amides is 1. The van der Waals surface area contributed by atoms with Crippen LogP contribution in [0.2, 0.25) is 0 Å². The van der Waals surface area contributed by atoms with E-state index in [1.165, 1.54) is 30.5 Å². The van der Waals surface area contributed by atoms with Gasteiger partial charge in [-0.2, -0.15) is 5.10 Å². The molecule has 1 unspecified atom stereocenters. The van der Waals surface area contributed by atoms with Gasteiger partial charge in [0.05, 0.1) is 24.9 Å². The second-order valence-corrected chi connectivity index (χ2v) is 7.45. The Morgan fingerprint density at radius 2 is 2.00 bits per heavy atom. The molecule has 24 heavy (non-hydrogen) atoms. The second-order valence-electron chi connectivity index (χ2n) is 7.45. The SMILES string of the molecule is CCn1nc(C2CCCCN2C(=O)C2CCCC2)c2c1CCOC2. The van der Waals surface area contributed by atoms with Crippen molar-refractivity contribution in [2.45, 2.75) is 77.5 Å². The van der Waals surface area contributed by atoms with Gasteiger partial charge in [0, 0.05) is 36.7 Å². The maximum atomic E-state index is 13.1. The molecular weight excluding hydrogens is 302 g/mol. The summed E-state index contributed by atoms with van der Waals surface area (Å²) in [4.78, 5) is 15.3. The summed E-state index contributed by atoms with van der Waals surface area (Å²) in [6.07, 6.45) is 8.88. The van der Waals surface area contributed by atoms with Crippen LogP contribution < -0.4 is 0 Å². The third-order valence-corrected chi connectivity index (χ3v) is 6.03. The van der Waals surface area contributed by atoms with Gasteiger partial charge in [-0.1, -0.05) is 12.8 Å². The molecule has 4 rings (SSSR count). The minimum absolute atomic E-state index is 0.162. The molecule has 1 saturated heterocycles. The van der Waals surface area contributed by atoms with Crippen LogP contribution in [0.25, 0.3) is 0 Å². The molecule has 0 N–H and O–H groups in total. The number of hydrogen-bond donors (Lipinski definition) is 0. The van der Waals surface area contributed by atoms with Gasteiger partial charge in [0.1, 0.15) is 0 Å². The molecule has 2 fully saturated rings. The Balaban J connectivity index is 1.65. The van der Waals surface area contributed by atoms with Crippen LogP contribution >= 0.6 is 0 Å². The summed E-state index contributed by atoms with van der Waals surface area (Å²) in [7, 11) is 0. The Morgan fingerprint density at radius 1 is 1.21 bits per heavy atom. The molecule has 0 bridgehead atoms. The van der Waals surface area contributed by atoms with Crippen molar-refractivity contribution in [1.82, 2.24) is 14.7 Å². The fourth-order valence-electron chi connectivity index (χ4n) is 4.75. The van der Waals surface area contributed by atoms with Crippen LogP contribution in [0, 0.1) is 5.92 Å². The van der Waals surface area contributed by atoms with E-state index in [9.17, 15) is 4.79 Å². The van der Waals surface area contributed by atoms with E-state index in [2.05, 4.69) is 16.5 Å². The van der Waals surface area contributed by atoms with Crippen LogP contribution in [-0.2, 0) is 29.1 Å². The van der Waals surface area contributed by atoms with Crippen molar-refractivity contribution in [2.24, 2.45) is 5.92 Å². The quantitative estimate of drug-likeness (QED) is 0.854. The lowest BCUT2D eigenvalue weighted by molar-refractivity contribution is -0.139. The lowest BCUT2D eigenvalue weighted by Gasteiger charge is -2.37. The predicted octanol–water partition coefficient (Wildman–Crippen LogP) is 3.22. The van der Waals surface area contributed by atoms with Crippen molar-refractivity contribution in [3.8, 4) is 0 Å². The molecular formula is C19H29N3O2. The van der Waals surface area contributed by atoms with E-state index >= 15 is 0 Å². The first-order valence-electron chi connectivity index (χ1n) is 9.76. The highest BCUT2D eigenvalue weighted by atomic mass is 16.5. The van der Waals surface area contributed by atoms with Gasteiger partial charge in [-0.25, -0.2) is 0 Å². The molecule has 0 radical (unpaired) electrons. The summed E-state index contributed by atoms with van der Waals surface area (Å²) in [6, 6.07) is 0.162. The van der Waals surface area contributed by atoms with Gasteiger partial charge in [0.25, 0.3) is 0 Å². The molecule has 2 aliphatic heterocycles. The summed E-state index contributed by atoms with van der Waals surface area (Å²) < 4.78 is 7.86. The number of nitrogens with zero attached hydrogens (tertiary/aromatic N) is 3. The van der Waals surface area contributed by atoms with E-state index in [-0.39, 0.29) is 12.0 Å². The summed E-state index contributed by atoms with van der Waals surface area (Å²) in [5.41, 5.74) is 3.72. The van der Waals surface area contributed by atoms with Crippen molar-refractivity contribution in [1.29, 1.82) is 0 Å². The molecule has 5 heteroatoms. The minimum atomic E-state index is 0.162. The standard InChI is InChI=1S/C19H29N3O2/c1-2-22-16-10-12-24-13-15(16)18(20-22)17-9-5-6-11-21(17)19(23)14-7-3-4-8-14/h14,17H,2-13H2,1H3. The maximum absolute atomic E-state index is 13.1. The summed E-state index contributed by atoms with van der Waals surface area (Å²) in [5, 5.41) is 4.94. The zero-order valence-corrected chi connectivity index (χ0v) is 14.8. The van der Waals surface area contributed by atoms with E-state index in [1.54, 1.807) is 0 Å². The minimum Gasteiger partial charge on any atom is -0.376 e. The topological polar surface area (TPSA) is 47.4 Å². The molecule has 0 spiro atoms. The van der Waals surface area contributed by atoms with Crippen LogP contribution in [0.15, 0.2) is 0 Å². The highest BCUT2D eigenvalue weighted by Crippen LogP contribution is 2.37. The molecule has 3 aliphatic rings. The summed E-state index contributed by atoms with van der Waals surface area (Å²) in [5.74, 6) is 0.639. The van der Waals surface area contributed by atoms with Crippen molar-refractivity contribution in [2.75, 3.05) is 13.2 Å². The Bertz CT molecular complexity index is 604. The van der Waals surface area contributed by atoms with Gasteiger partial charge in [0.2, 0.25) is 5.91 Å². The summed E-state index contributed by atoms with van der Waals surface area (Å²) in [6.45, 7) is 5.38. The number of aromatic nitrogens is 2. The Kier molecular flexibility index (Phi) is 4.61.